The van der Waals surface area contributed by atoms with Crippen molar-refractivity contribution < 1.29 is 14.5 Å². The first-order chi connectivity index (χ1) is 14.2. The molecule has 0 bridgehead atoms. The van der Waals surface area contributed by atoms with Crippen molar-refractivity contribution in [3.8, 4) is 0 Å². The van der Waals surface area contributed by atoms with Crippen LogP contribution in [0.25, 0.3) is 0 Å². The van der Waals surface area contributed by atoms with Gasteiger partial charge in [-0.05, 0) is 63.8 Å². The summed E-state index contributed by atoms with van der Waals surface area (Å²) in [4.78, 5) is 26.1. The quantitative estimate of drug-likeness (QED) is 0.342. The maximum absolute atomic E-state index is 12.7. The van der Waals surface area contributed by atoms with Crippen LogP contribution in [0.3, 0.4) is 0 Å². The lowest BCUT2D eigenvalue weighted by atomic mass is 10.2. The van der Waals surface area contributed by atoms with E-state index < -0.39 is 5.60 Å². The van der Waals surface area contributed by atoms with Crippen LogP contribution in [0.15, 0.2) is 59.5 Å². The maximum Gasteiger partial charge on any atom is 0.410 e. The Morgan fingerprint density at radius 3 is 2.53 bits per heavy atom. The Morgan fingerprint density at radius 2 is 1.87 bits per heavy atom. The first-order valence-electron chi connectivity index (χ1n) is 9.98. The van der Waals surface area contributed by atoms with Gasteiger partial charge < -0.3 is 13.9 Å². The molecule has 1 aliphatic heterocycles. The first-order valence-corrected chi connectivity index (χ1v) is 10.8. The van der Waals surface area contributed by atoms with Crippen LogP contribution in [0, 0.1) is 10.1 Å². The number of carbonyl (C=O) groups is 1. The molecule has 2 aromatic carbocycles. The number of nitro benzene ring substituents is 1. The van der Waals surface area contributed by atoms with Gasteiger partial charge in [-0.3, -0.25) is 10.1 Å². The van der Waals surface area contributed by atoms with Gasteiger partial charge in [-0.25, -0.2) is 4.79 Å². The minimum absolute atomic E-state index is 0.0321. The smallest absolute Gasteiger partial charge is 0.410 e. The van der Waals surface area contributed by atoms with E-state index in [1.54, 1.807) is 23.1 Å². The minimum Gasteiger partial charge on any atom is -0.444 e. The lowest BCUT2D eigenvalue weighted by Crippen LogP contribution is -2.44. The molecule has 0 saturated carbocycles. The van der Waals surface area contributed by atoms with Gasteiger partial charge in [-0.15, -0.1) is 0 Å². The lowest BCUT2D eigenvalue weighted by molar-refractivity contribution is -0.387. The van der Waals surface area contributed by atoms with Crippen molar-refractivity contribution in [2.45, 2.75) is 50.2 Å². The summed E-state index contributed by atoms with van der Waals surface area (Å²) >= 11 is 1.32. The molecule has 7 nitrogen and oxygen atoms in total. The van der Waals surface area contributed by atoms with Gasteiger partial charge in [0.1, 0.15) is 10.5 Å². The number of likely N-dealkylation sites (tertiary alicyclic amines) is 1. The fourth-order valence-corrected chi connectivity index (χ4v) is 4.46. The predicted molar refractivity (Wildman–Crippen MR) is 119 cm³/mol. The van der Waals surface area contributed by atoms with Gasteiger partial charge in [-0.2, -0.15) is 0 Å². The van der Waals surface area contributed by atoms with Crippen molar-refractivity contribution in [3.63, 3.8) is 0 Å². The summed E-state index contributed by atoms with van der Waals surface area (Å²) in [5, 5.41) is 11.5. The highest BCUT2D eigenvalue weighted by molar-refractivity contribution is 8.00. The fourth-order valence-electron chi connectivity index (χ4n) is 3.37. The molecule has 30 heavy (non-hydrogen) atoms. The van der Waals surface area contributed by atoms with E-state index in [0.29, 0.717) is 18.0 Å². The molecule has 1 aliphatic rings. The molecule has 1 atom stereocenters. The van der Waals surface area contributed by atoms with Crippen LogP contribution < -0.4 is 4.31 Å². The number of benzene rings is 2. The summed E-state index contributed by atoms with van der Waals surface area (Å²) in [5.41, 5.74) is 0.443. The summed E-state index contributed by atoms with van der Waals surface area (Å²) in [6, 6.07) is 16.4. The number of nitro groups is 1. The topological polar surface area (TPSA) is 75.9 Å². The monoisotopic (exact) mass is 429 g/mol. The summed E-state index contributed by atoms with van der Waals surface area (Å²) in [6.07, 6.45) is 1.46. The van der Waals surface area contributed by atoms with E-state index >= 15 is 0 Å². The number of amides is 1. The van der Waals surface area contributed by atoms with Crippen molar-refractivity contribution in [1.82, 2.24) is 4.90 Å². The number of hydrogen-bond acceptors (Lipinski definition) is 6. The van der Waals surface area contributed by atoms with Crippen LogP contribution in [0.2, 0.25) is 0 Å². The maximum atomic E-state index is 12.7. The Bertz CT molecular complexity index is 885. The van der Waals surface area contributed by atoms with Gasteiger partial charge in [0.05, 0.1) is 17.5 Å². The van der Waals surface area contributed by atoms with Crippen LogP contribution in [-0.4, -0.2) is 40.6 Å². The summed E-state index contributed by atoms with van der Waals surface area (Å²) in [5.74, 6) is 0. The molecule has 1 heterocycles. The number of para-hydroxylation sites is 2. The number of hydrogen-bond donors (Lipinski definition) is 0. The second-order valence-electron chi connectivity index (χ2n) is 8.18. The van der Waals surface area contributed by atoms with Gasteiger partial charge in [0.15, 0.2) is 0 Å². The van der Waals surface area contributed by atoms with E-state index in [4.69, 9.17) is 4.74 Å². The average Bonchev–Trinajstić information content (AvgIpc) is 3.15. The van der Waals surface area contributed by atoms with Crippen LogP contribution >= 0.6 is 11.9 Å². The lowest BCUT2D eigenvalue weighted by Gasteiger charge is -2.32. The Labute approximate surface area is 181 Å². The highest BCUT2D eigenvalue weighted by Crippen LogP contribution is 2.36. The minimum atomic E-state index is -0.553. The Kier molecular flexibility index (Phi) is 6.87. The molecule has 0 unspecified atom stereocenters. The molecule has 2 aromatic rings. The number of nitrogens with zero attached hydrogens (tertiary/aromatic N) is 3. The Balaban J connectivity index is 1.84. The number of anilines is 1. The third-order valence-electron chi connectivity index (χ3n) is 4.70. The average molecular weight is 430 g/mol. The van der Waals surface area contributed by atoms with Gasteiger partial charge in [0.2, 0.25) is 0 Å². The molecule has 8 heteroatoms. The molecular weight excluding hydrogens is 402 g/mol. The predicted octanol–water partition coefficient (Wildman–Crippen LogP) is 5.51. The van der Waals surface area contributed by atoms with E-state index in [9.17, 15) is 14.9 Å². The van der Waals surface area contributed by atoms with Crippen molar-refractivity contribution in [2.24, 2.45) is 0 Å². The van der Waals surface area contributed by atoms with E-state index in [1.165, 1.54) is 18.0 Å². The normalized spacial score (nSPS) is 16.4. The van der Waals surface area contributed by atoms with Crippen molar-refractivity contribution in [3.05, 3.63) is 64.7 Å². The molecule has 0 N–H and O–H groups in total. The Morgan fingerprint density at radius 1 is 1.20 bits per heavy atom. The molecule has 160 valence electrons. The first kappa shape index (κ1) is 22.0. The van der Waals surface area contributed by atoms with Crippen molar-refractivity contribution in [2.75, 3.05) is 17.4 Å². The highest BCUT2D eigenvalue weighted by Gasteiger charge is 2.34. The molecule has 0 spiro atoms. The number of rotatable bonds is 6. The summed E-state index contributed by atoms with van der Waals surface area (Å²) < 4.78 is 7.60. The summed E-state index contributed by atoms with van der Waals surface area (Å²) in [6.45, 7) is 6.77. The molecule has 1 amide bonds. The fraction of sp³-hybridized carbons (Fsp3) is 0.409. The summed E-state index contributed by atoms with van der Waals surface area (Å²) in [7, 11) is 0. The van der Waals surface area contributed by atoms with Gasteiger partial charge in [-0.1, -0.05) is 30.3 Å². The van der Waals surface area contributed by atoms with Crippen LogP contribution in [0.1, 0.15) is 33.6 Å². The zero-order chi connectivity index (χ0) is 21.7. The van der Waals surface area contributed by atoms with Crippen LogP contribution in [0.5, 0.6) is 0 Å². The molecule has 1 saturated heterocycles. The Hall–Kier alpha value is -2.74. The number of carbonyl (C=O) groups excluding carboxylic acids is 1. The highest BCUT2D eigenvalue weighted by atomic mass is 32.2. The molecule has 3 rings (SSSR count). The van der Waals surface area contributed by atoms with Crippen molar-refractivity contribution >= 4 is 29.4 Å². The molecule has 0 aromatic heterocycles. The molecule has 0 radical (unpaired) electrons. The third kappa shape index (κ3) is 5.66. The standard InChI is InChI=1S/C22H27N3O4S/c1-22(2,3)29-21(26)23-15-9-12-18(23)16-24(17-10-5-4-6-11-17)30-20-14-8-7-13-19(20)25(27)28/h4-8,10-11,13-14,18H,9,12,15-16H2,1-3H3/t18-/m0/s1. The second kappa shape index (κ2) is 9.38. The molecule has 1 fully saturated rings. The van der Waals surface area contributed by atoms with E-state index in [1.807, 2.05) is 55.4 Å². The zero-order valence-corrected chi connectivity index (χ0v) is 18.3. The van der Waals surface area contributed by atoms with E-state index in [-0.39, 0.29) is 22.7 Å². The second-order valence-corrected chi connectivity index (χ2v) is 9.25. The molecule has 0 aliphatic carbocycles. The SMILES string of the molecule is CC(C)(C)OC(=O)N1CCC[C@H]1CN(Sc1ccccc1[N+](=O)[O-])c1ccccc1. The van der Waals surface area contributed by atoms with Gasteiger partial charge in [0.25, 0.3) is 5.69 Å². The van der Waals surface area contributed by atoms with Crippen LogP contribution in [-0.2, 0) is 4.74 Å². The molecular formula is C22H27N3O4S. The van der Waals surface area contributed by atoms with Gasteiger partial charge in [0, 0.05) is 18.3 Å². The van der Waals surface area contributed by atoms with Gasteiger partial charge >= 0.3 is 6.09 Å². The zero-order valence-electron chi connectivity index (χ0n) is 17.5. The van der Waals surface area contributed by atoms with Crippen molar-refractivity contribution in [1.29, 1.82) is 0 Å². The third-order valence-corrected chi connectivity index (χ3v) is 5.82. The largest absolute Gasteiger partial charge is 0.444 e. The van der Waals surface area contributed by atoms with Crippen LogP contribution in [0.4, 0.5) is 16.2 Å². The van der Waals surface area contributed by atoms with E-state index in [0.717, 1.165) is 18.5 Å². The number of ether oxygens (including phenoxy) is 1. The van der Waals surface area contributed by atoms with E-state index in [2.05, 4.69) is 0 Å².